The highest BCUT2D eigenvalue weighted by atomic mass is 32.1. The molecule has 1 unspecified atom stereocenters. The number of amides is 1. The Hall–Kier alpha value is -2.70. The molecule has 0 aliphatic heterocycles. The second kappa shape index (κ2) is 11.2. The molecule has 0 aliphatic carbocycles. The minimum atomic E-state index is -0.764. The predicted octanol–water partition coefficient (Wildman–Crippen LogP) is 5.36. The van der Waals surface area contributed by atoms with E-state index >= 15 is 0 Å². The van der Waals surface area contributed by atoms with Gasteiger partial charge in [0.15, 0.2) is 0 Å². The fraction of sp³-hybridized carbons (Fsp3) is 0.385. The van der Waals surface area contributed by atoms with E-state index in [4.69, 9.17) is 4.74 Å². The van der Waals surface area contributed by atoms with Gasteiger partial charge in [-0.1, -0.05) is 60.7 Å². The molecule has 2 N–H and O–H groups in total. The molecule has 1 heterocycles. The normalized spacial score (nSPS) is 14.4. The lowest BCUT2D eigenvalue weighted by Gasteiger charge is -2.29. The van der Waals surface area contributed by atoms with Crippen molar-refractivity contribution in [1.29, 1.82) is 0 Å². The second-order valence-corrected chi connectivity index (χ2v) is 9.93. The van der Waals surface area contributed by atoms with Gasteiger partial charge in [-0.3, -0.25) is 0 Å². The number of aliphatic hydroxyl groups is 1. The van der Waals surface area contributed by atoms with Crippen LogP contribution in [0.3, 0.4) is 0 Å². The van der Waals surface area contributed by atoms with Gasteiger partial charge >= 0.3 is 6.09 Å². The summed E-state index contributed by atoms with van der Waals surface area (Å²) < 4.78 is 5.46. The number of nitrogens with one attached hydrogen (secondary N) is 1. The van der Waals surface area contributed by atoms with Crippen LogP contribution in [-0.4, -0.2) is 33.9 Å². The van der Waals surface area contributed by atoms with Crippen molar-refractivity contribution >= 4 is 17.4 Å². The van der Waals surface area contributed by atoms with Crippen molar-refractivity contribution in [3.8, 4) is 0 Å². The van der Waals surface area contributed by atoms with E-state index in [2.05, 4.69) is 22.4 Å². The molecule has 0 fully saturated rings. The zero-order valence-corrected chi connectivity index (χ0v) is 19.7. The third-order valence-electron chi connectivity index (χ3n) is 5.12. The monoisotopic (exact) mass is 452 g/mol. The largest absolute Gasteiger partial charge is 0.444 e. The predicted molar refractivity (Wildman–Crippen MR) is 129 cm³/mol. The summed E-state index contributed by atoms with van der Waals surface area (Å²) >= 11 is 1.60. The fourth-order valence-electron chi connectivity index (χ4n) is 3.67. The van der Waals surface area contributed by atoms with Crippen molar-refractivity contribution in [2.45, 2.75) is 63.7 Å². The standard InChI is InChI=1S/C26H32N2O3S/c1-26(2,3)31-25(30)28-22(17-20-12-8-5-9-13-20)23(29)18-21(24-27-14-15-32-24)16-19-10-6-4-7-11-19/h4-15,21-23,29H,16-18H2,1-3H3,(H,28,30)/t21?,22-,23-/m0/s1. The van der Waals surface area contributed by atoms with Gasteiger partial charge < -0.3 is 15.2 Å². The number of carbonyl (C=O) groups excluding carboxylic acids is 1. The Bertz CT molecular complexity index is 940. The zero-order chi connectivity index (χ0) is 23.0. The van der Waals surface area contributed by atoms with Crippen molar-refractivity contribution < 1.29 is 14.6 Å². The smallest absolute Gasteiger partial charge is 0.407 e. The maximum absolute atomic E-state index is 12.5. The molecule has 0 saturated carbocycles. The van der Waals surface area contributed by atoms with Crippen LogP contribution in [0.15, 0.2) is 72.2 Å². The SMILES string of the molecule is CC(C)(C)OC(=O)N[C@@H](Cc1ccccc1)[C@@H](O)CC(Cc1ccccc1)c1nccs1. The van der Waals surface area contributed by atoms with Gasteiger partial charge in [0.2, 0.25) is 0 Å². The molecule has 1 amide bonds. The highest BCUT2D eigenvalue weighted by Gasteiger charge is 2.28. The molecule has 6 heteroatoms. The quantitative estimate of drug-likeness (QED) is 0.459. The van der Waals surface area contributed by atoms with Gasteiger partial charge in [0.1, 0.15) is 5.60 Å². The number of rotatable bonds is 9. The second-order valence-electron chi connectivity index (χ2n) is 9.00. The highest BCUT2D eigenvalue weighted by molar-refractivity contribution is 7.09. The number of aromatic nitrogens is 1. The number of thiazole rings is 1. The van der Waals surface area contributed by atoms with Crippen LogP contribution < -0.4 is 5.32 Å². The molecule has 0 bridgehead atoms. The van der Waals surface area contributed by atoms with E-state index in [1.165, 1.54) is 5.56 Å². The van der Waals surface area contributed by atoms with Crippen LogP contribution in [0.4, 0.5) is 4.79 Å². The summed E-state index contributed by atoms with van der Waals surface area (Å²) in [4.78, 5) is 17.0. The number of hydrogen-bond acceptors (Lipinski definition) is 5. The molecule has 170 valence electrons. The van der Waals surface area contributed by atoms with Crippen LogP contribution in [0.1, 0.15) is 49.2 Å². The summed E-state index contributed by atoms with van der Waals surface area (Å²) in [7, 11) is 0. The van der Waals surface area contributed by atoms with E-state index < -0.39 is 23.8 Å². The molecular formula is C26H32N2O3S. The van der Waals surface area contributed by atoms with Crippen molar-refractivity contribution in [2.24, 2.45) is 0 Å². The van der Waals surface area contributed by atoms with Gasteiger partial charge in [0.05, 0.1) is 17.2 Å². The van der Waals surface area contributed by atoms with Crippen LogP contribution >= 0.6 is 11.3 Å². The molecule has 0 aliphatic rings. The molecule has 2 aromatic carbocycles. The van der Waals surface area contributed by atoms with Gasteiger partial charge in [-0.15, -0.1) is 11.3 Å². The van der Waals surface area contributed by atoms with Crippen molar-refractivity contribution in [2.75, 3.05) is 0 Å². The molecule has 3 atom stereocenters. The lowest BCUT2D eigenvalue weighted by atomic mass is 9.89. The number of hydrogen-bond donors (Lipinski definition) is 2. The summed E-state index contributed by atoms with van der Waals surface area (Å²) in [5, 5.41) is 17.1. The third-order valence-corrected chi connectivity index (χ3v) is 6.05. The zero-order valence-electron chi connectivity index (χ0n) is 18.9. The van der Waals surface area contributed by atoms with E-state index in [1.54, 1.807) is 17.5 Å². The Morgan fingerprint density at radius 2 is 1.62 bits per heavy atom. The average Bonchev–Trinajstić information content (AvgIpc) is 3.28. The van der Waals surface area contributed by atoms with Gasteiger partial charge in [-0.2, -0.15) is 0 Å². The Balaban J connectivity index is 1.77. The van der Waals surface area contributed by atoms with E-state index in [1.807, 2.05) is 74.7 Å². The number of aliphatic hydroxyl groups excluding tert-OH is 1. The lowest BCUT2D eigenvalue weighted by molar-refractivity contribution is 0.0405. The molecule has 0 saturated heterocycles. The minimum Gasteiger partial charge on any atom is -0.444 e. The summed E-state index contributed by atoms with van der Waals surface area (Å²) in [6, 6.07) is 19.6. The summed E-state index contributed by atoms with van der Waals surface area (Å²) in [5.41, 5.74) is 1.63. The van der Waals surface area contributed by atoms with Crippen LogP contribution in [0.2, 0.25) is 0 Å². The van der Waals surface area contributed by atoms with Gasteiger partial charge in [-0.25, -0.2) is 9.78 Å². The molecule has 5 nitrogen and oxygen atoms in total. The first-order valence-electron chi connectivity index (χ1n) is 10.9. The van der Waals surface area contributed by atoms with Crippen molar-refractivity contribution in [1.82, 2.24) is 10.3 Å². The number of alkyl carbamates (subject to hydrolysis) is 1. The molecule has 0 spiro atoms. The lowest BCUT2D eigenvalue weighted by Crippen LogP contribution is -2.47. The Labute approximate surface area is 194 Å². The number of nitrogens with zero attached hydrogens (tertiary/aromatic N) is 1. The van der Waals surface area contributed by atoms with Gasteiger partial charge in [0.25, 0.3) is 0 Å². The Kier molecular flexibility index (Phi) is 8.42. The van der Waals surface area contributed by atoms with Crippen molar-refractivity contribution in [3.05, 3.63) is 88.4 Å². The topological polar surface area (TPSA) is 71.5 Å². The maximum Gasteiger partial charge on any atom is 0.407 e. The number of benzene rings is 2. The van der Waals surface area contributed by atoms with Crippen molar-refractivity contribution in [3.63, 3.8) is 0 Å². The summed E-state index contributed by atoms with van der Waals surface area (Å²) in [6.45, 7) is 5.48. The molecule has 1 aromatic heterocycles. The highest BCUT2D eigenvalue weighted by Crippen LogP contribution is 2.29. The molecule has 3 aromatic rings. The van der Waals surface area contributed by atoms with Crippen LogP contribution in [0.25, 0.3) is 0 Å². The fourth-order valence-corrected chi connectivity index (χ4v) is 4.43. The average molecular weight is 453 g/mol. The maximum atomic E-state index is 12.5. The third kappa shape index (κ3) is 7.77. The van der Waals surface area contributed by atoms with E-state index in [9.17, 15) is 9.90 Å². The van der Waals surface area contributed by atoms with Crippen LogP contribution in [0.5, 0.6) is 0 Å². The first-order chi connectivity index (χ1) is 15.3. The minimum absolute atomic E-state index is 0.0473. The van der Waals surface area contributed by atoms with E-state index in [0.29, 0.717) is 12.8 Å². The van der Waals surface area contributed by atoms with Gasteiger partial charge in [0, 0.05) is 17.5 Å². The van der Waals surface area contributed by atoms with Crippen LogP contribution in [-0.2, 0) is 17.6 Å². The van der Waals surface area contributed by atoms with Crippen LogP contribution in [0, 0.1) is 0 Å². The van der Waals surface area contributed by atoms with Gasteiger partial charge in [-0.05, 0) is 51.2 Å². The Morgan fingerprint density at radius 1 is 1.03 bits per heavy atom. The summed E-state index contributed by atoms with van der Waals surface area (Å²) in [6.07, 6.45) is 2.28. The molecular weight excluding hydrogens is 420 g/mol. The number of ether oxygens (including phenoxy) is 1. The first kappa shape index (κ1) is 24.0. The summed E-state index contributed by atoms with van der Waals surface area (Å²) in [5.74, 6) is 0.0473. The first-order valence-corrected chi connectivity index (χ1v) is 11.8. The number of carbonyl (C=O) groups is 1. The molecule has 32 heavy (non-hydrogen) atoms. The molecule has 3 rings (SSSR count). The van der Waals surface area contributed by atoms with E-state index in [0.717, 1.165) is 17.0 Å². The molecule has 0 radical (unpaired) electrons. The Morgan fingerprint density at radius 3 is 2.16 bits per heavy atom. The van der Waals surface area contributed by atoms with E-state index in [-0.39, 0.29) is 5.92 Å².